The molecule has 0 aromatic rings. The molecule has 0 saturated carbocycles. The van der Waals surface area contributed by atoms with Gasteiger partial charge in [-0.3, -0.25) is 0 Å². The van der Waals surface area contributed by atoms with Gasteiger partial charge in [0.1, 0.15) is 0 Å². The number of nitrogens with one attached hydrogen (secondary N) is 1. The van der Waals surface area contributed by atoms with Gasteiger partial charge >= 0.3 is 0 Å². The van der Waals surface area contributed by atoms with Crippen molar-refractivity contribution in [2.45, 2.75) is 25.9 Å². The van der Waals surface area contributed by atoms with Gasteiger partial charge in [-0.1, -0.05) is 0 Å². The Balaban J connectivity index is 2.23. The van der Waals surface area contributed by atoms with Crippen molar-refractivity contribution in [3.63, 3.8) is 0 Å². The van der Waals surface area contributed by atoms with Crippen molar-refractivity contribution in [2.75, 3.05) is 13.1 Å². The predicted molar refractivity (Wildman–Crippen MR) is 33.7 cm³/mol. The van der Waals surface area contributed by atoms with Crippen molar-refractivity contribution in [3.8, 4) is 0 Å². The quantitative estimate of drug-likeness (QED) is 0.413. The molecule has 48 valence electrons. The molecule has 0 aliphatic carbocycles. The summed E-state index contributed by atoms with van der Waals surface area (Å²) in [4.78, 5) is 0. The molecular formula is C6H15N2+. The van der Waals surface area contributed by atoms with Gasteiger partial charge in [-0.2, -0.15) is 0 Å². The first-order valence-electron chi connectivity index (χ1n) is 3.37. The lowest BCUT2D eigenvalue weighted by Crippen LogP contribution is -2.92. The zero-order valence-electron chi connectivity index (χ0n) is 5.65. The van der Waals surface area contributed by atoms with E-state index in [0.29, 0.717) is 12.1 Å². The molecule has 2 nitrogen and oxygen atoms in total. The Labute approximate surface area is 50.7 Å². The summed E-state index contributed by atoms with van der Waals surface area (Å²) in [6.07, 6.45) is 0. The number of hydrogen-bond donors (Lipinski definition) is 2. The van der Waals surface area contributed by atoms with Gasteiger partial charge in [-0.25, -0.2) is 0 Å². The zero-order chi connectivity index (χ0) is 5.98. The molecule has 1 rings (SSSR count). The van der Waals surface area contributed by atoms with Crippen molar-refractivity contribution >= 4 is 0 Å². The van der Waals surface area contributed by atoms with Gasteiger partial charge < -0.3 is 10.6 Å². The van der Waals surface area contributed by atoms with Crippen LogP contribution >= 0.6 is 0 Å². The highest BCUT2D eigenvalue weighted by molar-refractivity contribution is 4.67. The highest BCUT2D eigenvalue weighted by Gasteiger charge is 2.14. The molecule has 1 fully saturated rings. The summed E-state index contributed by atoms with van der Waals surface area (Å²) in [7, 11) is 0. The minimum atomic E-state index is 0.707. The molecular weight excluding hydrogens is 100 g/mol. The summed E-state index contributed by atoms with van der Waals surface area (Å²) in [5, 5.41) is 5.81. The fourth-order valence-corrected chi connectivity index (χ4v) is 1.22. The third-order valence-electron chi connectivity index (χ3n) is 1.61. The number of hydrogen-bond acceptors (Lipinski definition) is 1. The SMILES string of the molecule is C[C@H]1C[NH2+]C[C@H](C)N1. The molecule has 1 aliphatic rings. The Morgan fingerprint density at radius 2 is 1.75 bits per heavy atom. The molecule has 0 bridgehead atoms. The second-order valence-corrected chi connectivity index (χ2v) is 2.73. The van der Waals surface area contributed by atoms with Gasteiger partial charge in [0.25, 0.3) is 0 Å². The molecule has 0 amide bonds. The number of piperazine rings is 1. The van der Waals surface area contributed by atoms with Gasteiger partial charge in [0.2, 0.25) is 0 Å². The maximum atomic E-state index is 3.45. The van der Waals surface area contributed by atoms with E-state index in [1.807, 2.05) is 0 Å². The van der Waals surface area contributed by atoms with E-state index in [0.717, 1.165) is 0 Å². The monoisotopic (exact) mass is 115 g/mol. The Bertz CT molecular complexity index is 64.9. The number of rotatable bonds is 0. The summed E-state index contributed by atoms with van der Waals surface area (Å²) in [5.41, 5.74) is 0. The van der Waals surface area contributed by atoms with Crippen LogP contribution in [0.4, 0.5) is 0 Å². The third kappa shape index (κ3) is 1.46. The maximum Gasteiger partial charge on any atom is 0.0909 e. The van der Waals surface area contributed by atoms with Crippen molar-refractivity contribution in [3.05, 3.63) is 0 Å². The fourth-order valence-electron chi connectivity index (χ4n) is 1.22. The van der Waals surface area contributed by atoms with Crippen LogP contribution in [0.3, 0.4) is 0 Å². The Hall–Kier alpha value is -0.0800. The number of quaternary nitrogens is 1. The van der Waals surface area contributed by atoms with Crippen LogP contribution in [0.15, 0.2) is 0 Å². The normalized spacial score (nSPS) is 39.8. The molecule has 3 N–H and O–H groups in total. The van der Waals surface area contributed by atoms with E-state index in [9.17, 15) is 0 Å². The van der Waals surface area contributed by atoms with E-state index < -0.39 is 0 Å². The summed E-state index contributed by atoms with van der Waals surface area (Å²) in [6, 6.07) is 1.41. The minimum absolute atomic E-state index is 0.707. The highest BCUT2D eigenvalue weighted by atomic mass is 15.1. The van der Waals surface area contributed by atoms with E-state index in [4.69, 9.17) is 0 Å². The lowest BCUT2D eigenvalue weighted by molar-refractivity contribution is -0.666. The van der Waals surface area contributed by atoms with Crippen LogP contribution in [0.5, 0.6) is 0 Å². The van der Waals surface area contributed by atoms with Gasteiger partial charge in [0.05, 0.1) is 25.2 Å². The Morgan fingerprint density at radius 3 is 2.00 bits per heavy atom. The standard InChI is InChI=1S/C6H14N2/c1-5-3-7-4-6(2)8-5/h5-8H,3-4H2,1-2H3/p+1/t5-,6-/m0/s1. The topological polar surface area (TPSA) is 28.6 Å². The Kier molecular flexibility index (Phi) is 1.86. The van der Waals surface area contributed by atoms with Gasteiger partial charge in [-0.05, 0) is 13.8 Å². The van der Waals surface area contributed by atoms with E-state index >= 15 is 0 Å². The molecule has 8 heavy (non-hydrogen) atoms. The van der Waals surface area contributed by atoms with Crippen molar-refractivity contribution in [1.29, 1.82) is 0 Å². The Morgan fingerprint density at radius 1 is 1.25 bits per heavy atom. The van der Waals surface area contributed by atoms with Gasteiger partial charge in [0.15, 0.2) is 0 Å². The summed E-state index contributed by atoms with van der Waals surface area (Å²) >= 11 is 0. The van der Waals surface area contributed by atoms with Crippen molar-refractivity contribution in [2.24, 2.45) is 0 Å². The highest BCUT2D eigenvalue weighted by Crippen LogP contribution is 1.84. The average Bonchev–Trinajstić information content (AvgIpc) is 1.64. The largest absolute Gasteiger partial charge is 0.344 e. The molecule has 0 spiro atoms. The van der Waals surface area contributed by atoms with Crippen LogP contribution in [0, 0.1) is 0 Å². The molecule has 1 saturated heterocycles. The average molecular weight is 115 g/mol. The molecule has 0 unspecified atom stereocenters. The lowest BCUT2D eigenvalue weighted by Gasteiger charge is -2.23. The van der Waals surface area contributed by atoms with Crippen molar-refractivity contribution in [1.82, 2.24) is 5.32 Å². The molecule has 0 aromatic carbocycles. The smallest absolute Gasteiger partial charge is 0.0909 e. The van der Waals surface area contributed by atoms with Crippen LogP contribution in [-0.2, 0) is 0 Å². The molecule has 1 heterocycles. The predicted octanol–water partition coefficient (Wildman–Crippen LogP) is -1.07. The first-order valence-corrected chi connectivity index (χ1v) is 3.37. The van der Waals surface area contributed by atoms with Gasteiger partial charge in [-0.15, -0.1) is 0 Å². The summed E-state index contributed by atoms with van der Waals surface area (Å²) in [6.45, 7) is 6.94. The van der Waals surface area contributed by atoms with Crippen LogP contribution in [-0.4, -0.2) is 25.2 Å². The van der Waals surface area contributed by atoms with Gasteiger partial charge in [0, 0.05) is 0 Å². The van der Waals surface area contributed by atoms with Crippen LogP contribution in [0.1, 0.15) is 13.8 Å². The van der Waals surface area contributed by atoms with Crippen LogP contribution in [0.25, 0.3) is 0 Å². The molecule has 0 radical (unpaired) electrons. The second-order valence-electron chi connectivity index (χ2n) is 2.73. The third-order valence-corrected chi connectivity index (χ3v) is 1.61. The van der Waals surface area contributed by atoms with E-state index in [-0.39, 0.29) is 0 Å². The lowest BCUT2D eigenvalue weighted by atomic mass is 10.2. The zero-order valence-corrected chi connectivity index (χ0v) is 5.65. The molecule has 0 aromatic heterocycles. The summed E-state index contributed by atoms with van der Waals surface area (Å²) in [5.74, 6) is 0. The van der Waals surface area contributed by atoms with Crippen LogP contribution < -0.4 is 10.6 Å². The maximum absolute atomic E-state index is 3.45. The second kappa shape index (κ2) is 2.46. The number of nitrogens with two attached hydrogens (primary N) is 1. The first-order chi connectivity index (χ1) is 3.79. The van der Waals surface area contributed by atoms with Crippen LogP contribution in [0.2, 0.25) is 0 Å². The summed E-state index contributed by atoms with van der Waals surface area (Å²) < 4.78 is 0. The van der Waals surface area contributed by atoms with E-state index in [1.165, 1.54) is 13.1 Å². The first kappa shape index (κ1) is 6.05. The molecule has 2 atom stereocenters. The minimum Gasteiger partial charge on any atom is -0.344 e. The molecule has 1 aliphatic heterocycles. The van der Waals surface area contributed by atoms with E-state index in [2.05, 4.69) is 24.5 Å². The fraction of sp³-hybridized carbons (Fsp3) is 1.00. The van der Waals surface area contributed by atoms with Crippen molar-refractivity contribution < 1.29 is 5.32 Å². The molecule has 2 heteroatoms. The van der Waals surface area contributed by atoms with E-state index in [1.54, 1.807) is 0 Å².